The fourth-order valence-corrected chi connectivity index (χ4v) is 3.59. The van der Waals surface area contributed by atoms with Crippen molar-refractivity contribution in [2.45, 2.75) is 40.2 Å². The van der Waals surface area contributed by atoms with Crippen molar-refractivity contribution in [2.24, 2.45) is 0 Å². The van der Waals surface area contributed by atoms with Gasteiger partial charge in [-0.1, -0.05) is 13.0 Å². The van der Waals surface area contributed by atoms with Gasteiger partial charge in [-0.2, -0.15) is 0 Å². The van der Waals surface area contributed by atoms with Crippen LogP contribution in [0.25, 0.3) is 10.9 Å². The van der Waals surface area contributed by atoms with E-state index in [0.717, 1.165) is 56.8 Å². The van der Waals surface area contributed by atoms with Gasteiger partial charge in [0.1, 0.15) is 5.69 Å². The molecule has 1 aromatic carbocycles. The van der Waals surface area contributed by atoms with E-state index >= 15 is 0 Å². The average Bonchev–Trinajstić information content (AvgIpc) is 2.76. The molecule has 1 fully saturated rings. The number of aryl methyl sites for hydroxylation is 3. The second-order valence-electron chi connectivity index (χ2n) is 6.32. The minimum absolute atomic E-state index is 0.183. The van der Waals surface area contributed by atoms with E-state index in [4.69, 9.17) is 0 Å². The zero-order valence-electron chi connectivity index (χ0n) is 14.5. The van der Waals surface area contributed by atoms with E-state index in [0.29, 0.717) is 0 Å². The van der Waals surface area contributed by atoms with Crippen LogP contribution in [0, 0.1) is 6.92 Å². The van der Waals surface area contributed by atoms with Crippen molar-refractivity contribution < 1.29 is 4.79 Å². The first-order valence-corrected chi connectivity index (χ1v) is 8.79. The molecule has 0 aliphatic carbocycles. The lowest BCUT2D eigenvalue weighted by molar-refractivity contribution is 0.0755. The van der Waals surface area contributed by atoms with Crippen molar-refractivity contribution in [3.05, 3.63) is 35.0 Å². The van der Waals surface area contributed by atoms with E-state index < -0.39 is 0 Å². The van der Waals surface area contributed by atoms with Gasteiger partial charge in [0.15, 0.2) is 0 Å². The molecule has 4 nitrogen and oxygen atoms in total. The van der Waals surface area contributed by atoms with Crippen molar-refractivity contribution in [1.82, 2.24) is 14.8 Å². The van der Waals surface area contributed by atoms with Crippen molar-refractivity contribution in [2.75, 3.05) is 26.2 Å². The zero-order valence-corrected chi connectivity index (χ0v) is 14.5. The van der Waals surface area contributed by atoms with Gasteiger partial charge in [-0.25, -0.2) is 0 Å². The van der Waals surface area contributed by atoms with Gasteiger partial charge in [-0.15, -0.1) is 0 Å². The van der Waals surface area contributed by atoms with Crippen LogP contribution in [0.4, 0.5) is 0 Å². The van der Waals surface area contributed by atoms with Crippen LogP contribution in [0.1, 0.15) is 41.9 Å². The predicted octanol–water partition coefficient (Wildman–Crippen LogP) is 2.97. The van der Waals surface area contributed by atoms with Crippen LogP contribution in [-0.2, 0) is 13.0 Å². The van der Waals surface area contributed by atoms with E-state index in [1.54, 1.807) is 0 Å². The summed E-state index contributed by atoms with van der Waals surface area (Å²) in [5.41, 5.74) is 4.50. The van der Waals surface area contributed by atoms with E-state index in [2.05, 4.69) is 48.9 Å². The van der Waals surface area contributed by atoms with Crippen molar-refractivity contribution >= 4 is 16.8 Å². The Morgan fingerprint density at radius 2 is 2.04 bits per heavy atom. The van der Waals surface area contributed by atoms with Crippen LogP contribution in [0.2, 0.25) is 0 Å². The number of nitrogens with zero attached hydrogens (tertiary/aromatic N) is 2. The molecule has 2 aromatic rings. The summed E-state index contributed by atoms with van der Waals surface area (Å²) in [6.07, 6.45) is 2.05. The molecule has 3 rings (SSSR count). The summed E-state index contributed by atoms with van der Waals surface area (Å²) in [5.74, 6) is 0.183. The summed E-state index contributed by atoms with van der Waals surface area (Å²) in [4.78, 5) is 15.2. The van der Waals surface area contributed by atoms with Gasteiger partial charge in [0, 0.05) is 37.1 Å². The third kappa shape index (κ3) is 2.88. The van der Waals surface area contributed by atoms with Gasteiger partial charge < -0.3 is 14.8 Å². The number of rotatable bonds is 3. The average molecular weight is 313 g/mol. The lowest BCUT2D eigenvalue weighted by Crippen LogP contribution is -2.35. The largest absolute Gasteiger partial charge is 0.337 e. The summed E-state index contributed by atoms with van der Waals surface area (Å²) >= 11 is 0. The molecule has 1 N–H and O–H groups in total. The van der Waals surface area contributed by atoms with Gasteiger partial charge in [0.25, 0.3) is 5.91 Å². The van der Waals surface area contributed by atoms with Crippen LogP contribution in [-0.4, -0.2) is 41.6 Å². The van der Waals surface area contributed by atoms with Crippen molar-refractivity contribution in [1.29, 1.82) is 0 Å². The van der Waals surface area contributed by atoms with Crippen LogP contribution < -0.4 is 5.32 Å². The Labute approximate surface area is 138 Å². The fraction of sp³-hybridized carbons (Fsp3) is 0.526. The Balaban J connectivity index is 2.08. The molecule has 1 aliphatic heterocycles. The molecule has 0 spiro atoms. The van der Waals surface area contributed by atoms with E-state index in [9.17, 15) is 4.79 Å². The third-order valence-corrected chi connectivity index (χ3v) is 4.94. The Kier molecular flexibility index (Phi) is 4.71. The lowest BCUT2D eigenvalue weighted by Gasteiger charge is -2.21. The van der Waals surface area contributed by atoms with E-state index in [1.807, 2.05) is 4.90 Å². The molecule has 23 heavy (non-hydrogen) atoms. The SMILES string of the molecule is CCc1ccc2c(c1)c(C)c(C(=O)N1CCCNCC1)n2CC. The highest BCUT2D eigenvalue weighted by molar-refractivity contribution is 6.01. The summed E-state index contributed by atoms with van der Waals surface area (Å²) in [6, 6.07) is 6.60. The zero-order chi connectivity index (χ0) is 16.4. The number of nitrogens with one attached hydrogen (secondary N) is 1. The van der Waals surface area contributed by atoms with Gasteiger partial charge in [-0.05, 0) is 56.5 Å². The first-order valence-electron chi connectivity index (χ1n) is 8.79. The summed E-state index contributed by atoms with van der Waals surface area (Å²) in [7, 11) is 0. The summed E-state index contributed by atoms with van der Waals surface area (Å²) in [5, 5.41) is 4.59. The van der Waals surface area contributed by atoms with Gasteiger partial charge >= 0.3 is 0 Å². The number of aromatic nitrogens is 1. The maximum Gasteiger partial charge on any atom is 0.270 e. The monoisotopic (exact) mass is 313 g/mol. The number of fused-ring (bicyclic) bond motifs is 1. The van der Waals surface area contributed by atoms with Crippen LogP contribution in [0.3, 0.4) is 0 Å². The molecule has 0 atom stereocenters. The summed E-state index contributed by atoms with van der Waals surface area (Å²) in [6.45, 7) is 10.7. The molecule has 124 valence electrons. The molecule has 4 heteroatoms. The number of benzene rings is 1. The molecule has 0 saturated carbocycles. The second kappa shape index (κ2) is 6.75. The standard InChI is InChI=1S/C19H27N3O/c1-4-15-7-8-17-16(13-15)14(3)18(22(17)5-2)19(23)21-11-6-9-20-10-12-21/h7-8,13,20H,4-6,9-12H2,1-3H3. The Hall–Kier alpha value is -1.81. The molecular weight excluding hydrogens is 286 g/mol. The van der Waals surface area contributed by atoms with Crippen LogP contribution >= 0.6 is 0 Å². The molecule has 1 aromatic heterocycles. The number of hydrogen-bond acceptors (Lipinski definition) is 2. The van der Waals surface area contributed by atoms with Gasteiger partial charge in [-0.3, -0.25) is 4.79 Å². The first kappa shape index (κ1) is 16.1. The highest BCUT2D eigenvalue weighted by Crippen LogP contribution is 2.28. The molecule has 0 unspecified atom stereocenters. The van der Waals surface area contributed by atoms with Crippen molar-refractivity contribution in [3.63, 3.8) is 0 Å². The maximum absolute atomic E-state index is 13.2. The quantitative estimate of drug-likeness (QED) is 0.946. The molecule has 0 radical (unpaired) electrons. The predicted molar refractivity (Wildman–Crippen MR) is 95.1 cm³/mol. The Bertz CT molecular complexity index is 709. The van der Waals surface area contributed by atoms with E-state index in [1.165, 1.54) is 16.5 Å². The minimum Gasteiger partial charge on any atom is -0.337 e. The summed E-state index contributed by atoms with van der Waals surface area (Å²) < 4.78 is 2.19. The van der Waals surface area contributed by atoms with Gasteiger partial charge in [0.2, 0.25) is 0 Å². The molecular formula is C19H27N3O. The third-order valence-electron chi connectivity index (χ3n) is 4.94. The number of amides is 1. The second-order valence-corrected chi connectivity index (χ2v) is 6.32. The molecule has 2 heterocycles. The first-order chi connectivity index (χ1) is 11.2. The highest BCUT2D eigenvalue weighted by Gasteiger charge is 2.24. The molecule has 1 aliphatic rings. The highest BCUT2D eigenvalue weighted by atomic mass is 16.2. The minimum atomic E-state index is 0.183. The maximum atomic E-state index is 13.2. The number of carbonyl (C=O) groups is 1. The van der Waals surface area contributed by atoms with Crippen LogP contribution in [0.5, 0.6) is 0 Å². The fourth-order valence-electron chi connectivity index (χ4n) is 3.59. The molecule has 0 bridgehead atoms. The Morgan fingerprint density at radius 1 is 1.22 bits per heavy atom. The molecule has 1 saturated heterocycles. The van der Waals surface area contributed by atoms with E-state index in [-0.39, 0.29) is 5.91 Å². The number of carbonyl (C=O) groups excluding carboxylic acids is 1. The molecule has 1 amide bonds. The lowest BCUT2D eigenvalue weighted by atomic mass is 10.1. The van der Waals surface area contributed by atoms with Crippen molar-refractivity contribution in [3.8, 4) is 0 Å². The number of hydrogen-bond donors (Lipinski definition) is 1. The smallest absolute Gasteiger partial charge is 0.270 e. The van der Waals surface area contributed by atoms with Gasteiger partial charge in [0.05, 0.1) is 0 Å². The van der Waals surface area contributed by atoms with Crippen LogP contribution in [0.15, 0.2) is 18.2 Å². The Morgan fingerprint density at radius 3 is 2.78 bits per heavy atom. The normalized spacial score (nSPS) is 15.9. The topological polar surface area (TPSA) is 37.3 Å².